The summed E-state index contributed by atoms with van der Waals surface area (Å²) in [5, 5.41) is 7.19. The van der Waals surface area contributed by atoms with E-state index in [1.54, 1.807) is 36.4 Å². The van der Waals surface area contributed by atoms with Crippen molar-refractivity contribution in [2.45, 2.75) is 0 Å². The zero-order valence-electron chi connectivity index (χ0n) is 14.9. The molecule has 154 valence electrons. The summed E-state index contributed by atoms with van der Waals surface area (Å²) in [6.45, 7) is -0.337. The quantitative estimate of drug-likeness (QED) is 0.384. The Balaban J connectivity index is 1.81. The van der Waals surface area contributed by atoms with E-state index in [1.807, 2.05) is 10.6 Å². The predicted molar refractivity (Wildman–Crippen MR) is 117 cm³/mol. The molecule has 0 aromatic heterocycles. The summed E-state index contributed by atoms with van der Waals surface area (Å²) in [4.78, 5) is 47.4. The summed E-state index contributed by atoms with van der Waals surface area (Å²) in [5.41, 5.74) is 0.602. The number of carbonyl (C=O) groups excluding carboxylic acids is 4. The number of halogens is 3. The van der Waals surface area contributed by atoms with Crippen molar-refractivity contribution in [1.82, 2.24) is 10.6 Å². The molecule has 1 fully saturated rings. The van der Waals surface area contributed by atoms with Crippen molar-refractivity contribution in [3.05, 3.63) is 61.5 Å². The number of carbonyl (C=O) groups is 4. The second kappa shape index (κ2) is 9.41. The van der Waals surface area contributed by atoms with Gasteiger partial charge >= 0.3 is 6.03 Å². The maximum absolute atomic E-state index is 12.2. The first kappa shape index (κ1) is 22.0. The van der Waals surface area contributed by atoms with Crippen molar-refractivity contribution in [3.63, 3.8) is 0 Å². The van der Waals surface area contributed by atoms with Crippen LogP contribution < -0.4 is 20.7 Å². The molecule has 0 atom stereocenters. The number of nitrogens with one attached hydrogen (secondary N) is 3. The van der Waals surface area contributed by atoms with Gasteiger partial charge in [-0.05, 0) is 58.4 Å². The Morgan fingerprint density at radius 1 is 1.07 bits per heavy atom. The number of amides is 5. The van der Waals surface area contributed by atoms with Crippen LogP contribution in [-0.4, -0.2) is 30.4 Å². The van der Waals surface area contributed by atoms with Crippen LogP contribution in [0.3, 0.4) is 0 Å². The van der Waals surface area contributed by atoms with Crippen LogP contribution in [0.2, 0.25) is 5.02 Å². The molecule has 2 aromatic rings. The zero-order valence-corrected chi connectivity index (χ0v) is 18.9. The molecule has 30 heavy (non-hydrogen) atoms. The average molecular weight is 558 g/mol. The lowest BCUT2D eigenvalue weighted by Gasteiger charge is -2.16. The number of rotatable bonds is 5. The van der Waals surface area contributed by atoms with Crippen molar-refractivity contribution in [1.29, 1.82) is 0 Å². The van der Waals surface area contributed by atoms with Crippen LogP contribution in [0.15, 0.2) is 50.9 Å². The molecule has 8 nitrogen and oxygen atoms in total. The van der Waals surface area contributed by atoms with Gasteiger partial charge in [0.05, 0.1) is 4.47 Å². The second-order valence-corrected chi connectivity index (χ2v) is 8.15. The second-order valence-electron chi connectivity index (χ2n) is 5.95. The maximum Gasteiger partial charge on any atom is 0.328 e. The third kappa shape index (κ3) is 5.47. The van der Waals surface area contributed by atoms with Gasteiger partial charge in [0, 0.05) is 20.7 Å². The van der Waals surface area contributed by atoms with Crippen molar-refractivity contribution in [2.24, 2.45) is 0 Å². The monoisotopic (exact) mass is 555 g/mol. The molecule has 5 amide bonds. The highest BCUT2D eigenvalue weighted by Crippen LogP contribution is 2.34. The predicted octanol–water partition coefficient (Wildman–Crippen LogP) is 3.63. The standard InChI is InChI=1S/C19H12Br2ClN3O5/c20-10-5-9(6-13-17(27)24-19(29)25-18(13)28)16(14(21)7-10)30-8-15(26)23-12-3-1-11(22)2-4-12/h1-7H,8H2,(H,23,26)(H2,24,25,27,28,29). The van der Waals surface area contributed by atoms with Crippen LogP contribution in [0, 0.1) is 0 Å². The normalized spacial score (nSPS) is 13.4. The number of hydrogen-bond acceptors (Lipinski definition) is 5. The van der Waals surface area contributed by atoms with Crippen molar-refractivity contribution in [2.75, 3.05) is 11.9 Å². The van der Waals surface area contributed by atoms with Gasteiger partial charge in [0.15, 0.2) is 6.61 Å². The molecule has 1 heterocycles. The van der Waals surface area contributed by atoms with Gasteiger partial charge in [-0.15, -0.1) is 0 Å². The Bertz CT molecular complexity index is 1060. The fourth-order valence-corrected chi connectivity index (χ4v) is 3.97. The zero-order chi connectivity index (χ0) is 21.8. The Morgan fingerprint density at radius 3 is 2.33 bits per heavy atom. The SMILES string of the molecule is O=C(COc1c(Br)cc(Br)cc1C=C1C(=O)NC(=O)NC1=O)Nc1ccc(Cl)cc1. The molecule has 3 rings (SSSR count). The molecule has 0 saturated carbocycles. The summed E-state index contributed by atoms with van der Waals surface area (Å²) in [5.74, 6) is -1.88. The fraction of sp³-hybridized carbons (Fsp3) is 0.0526. The number of barbiturate groups is 1. The van der Waals surface area contributed by atoms with E-state index in [1.165, 1.54) is 6.08 Å². The Hall–Kier alpha value is -2.69. The van der Waals surface area contributed by atoms with E-state index in [-0.39, 0.29) is 17.9 Å². The minimum Gasteiger partial charge on any atom is -0.482 e. The number of anilines is 1. The summed E-state index contributed by atoms with van der Waals surface area (Å²) in [6, 6.07) is 8.95. The van der Waals surface area contributed by atoms with E-state index in [0.29, 0.717) is 25.2 Å². The average Bonchev–Trinajstić information content (AvgIpc) is 2.65. The van der Waals surface area contributed by atoms with E-state index >= 15 is 0 Å². The number of ether oxygens (including phenoxy) is 1. The molecule has 2 aromatic carbocycles. The van der Waals surface area contributed by atoms with Gasteiger partial charge in [-0.2, -0.15) is 0 Å². The molecular formula is C19H12Br2ClN3O5. The largest absolute Gasteiger partial charge is 0.482 e. The van der Waals surface area contributed by atoms with Gasteiger partial charge in [0.2, 0.25) is 0 Å². The van der Waals surface area contributed by atoms with Crippen LogP contribution in [0.25, 0.3) is 6.08 Å². The Labute approximate surface area is 192 Å². The smallest absolute Gasteiger partial charge is 0.328 e. The maximum atomic E-state index is 12.2. The molecule has 0 radical (unpaired) electrons. The van der Waals surface area contributed by atoms with E-state index in [2.05, 4.69) is 37.2 Å². The van der Waals surface area contributed by atoms with Crippen LogP contribution in [0.5, 0.6) is 5.75 Å². The topological polar surface area (TPSA) is 114 Å². The third-order valence-electron chi connectivity index (χ3n) is 3.76. The van der Waals surface area contributed by atoms with Gasteiger partial charge in [-0.3, -0.25) is 25.0 Å². The van der Waals surface area contributed by atoms with Crippen molar-refractivity contribution in [3.8, 4) is 5.75 Å². The number of benzene rings is 2. The van der Waals surface area contributed by atoms with E-state index in [9.17, 15) is 19.2 Å². The highest BCUT2D eigenvalue weighted by atomic mass is 79.9. The lowest BCUT2D eigenvalue weighted by atomic mass is 10.1. The molecule has 11 heteroatoms. The van der Waals surface area contributed by atoms with Crippen LogP contribution in [-0.2, 0) is 14.4 Å². The van der Waals surface area contributed by atoms with E-state index in [0.717, 1.165) is 0 Å². The Morgan fingerprint density at radius 2 is 1.70 bits per heavy atom. The number of hydrogen-bond donors (Lipinski definition) is 3. The molecule has 1 aliphatic rings. The third-order valence-corrected chi connectivity index (χ3v) is 5.05. The van der Waals surface area contributed by atoms with Crippen LogP contribution in [0.4, 0.5) is 10.5 Å². The molecule has 1 aliphatic heterocycles. The molecule has 0 spiro atoms. The van der Waals surface area contributed by atoms with E-state index in [4.69, 9.17) is 16.3 Å². The lowest BCUT2D eigenvalue weighted by molar-refractivity contribution is -0.124. The molecule has 3 N–H and O–H groups in total. The van der Waals surface area contributed by atoms with Crippen LogP contribution >= 0.6 is 43.5 Å². The molecule has 1 saturated heterocycles. The summed E-state index contributed by atoms with van der Waals surface area (Å²) >= 11 is 12.5. The van der Waals surface area contributed by atoms with Crippen molar-refractivity contribution < 1.29 is 23.9 Å². The van der Waals surface area contributed by atoms with Crippen molar-refractivity contribution >= 4 is 79.0 Å². The van der Waals surface area contributed by atoms with Gasteiger partial charge in [0.25, 0.3) is 17.7 Å². The first-order chi connectivity index (χ1) is 14.2. The highest BCUT2D eigenvalue weighted by molar-refractivity contribution is 9.11. The summed E-state index contributed by atoms with van der Waals surface area (Å²) in [6.07, 6.45) is 1.26. The number of imide groups is 2. The molecular weight excluding hydrogens is 545 g/mol. The first-order valence-corrected chi connectivity index (χ1v) is 10.2. The first-order valence-electron chi connectivity index (χ1n) is 8.28. The fourth-order valence-electron chi connectivity index (χ4n) is 2.47. The lowest BCUT2D eigenvalue weighted by Crippen LogP contribution is -2.51. The molecule has 0 aliphatic carbocycles. The minimum absolute atomic E-state index is 0.231. The van der Waals surface area contributed by atoms with Crippen LogP contribution in [0.1, 0.15) is 5.56 Å². The van der Waals surface area contributed by atoms with Gasteiger partial charge in [0.1, 0.15) is 11.3 Å². The molecule has 0 unspecified atom stereocenters. The van der Waals surface area contributed by atoms with Gasteiger partial charge < -0.3 is 10.1 Å². The summed E-state index contributed by atoms with van der Waals surface area (Å²) in [7, 11) is 0. The summed E-state index contributed by atoms with van der Waals surface area (Å²) < 4.78 is 6.75. The van der Waals surface area contributed by atoms with E-state index < -0.39 is 23.8 Å². The Kier molecular flexibility index (Phi) is 6.91. The molecule has 0 bridgehead atoms. The van der Waals surface area contributed by atoms with Gasteiger partial charge in [-0.1, -0.05) is 27.5 Å². The highest BCUT2D eigenvalue weighted by Gasteiger charge is 2.28. The number of urea groups is 1. The van der Waals surface area contributed by atoms with Gasteiger partial charge in [-0.25, -0.2) is 4.79 Å². The minimum atomic E-state index is -0.895.